The third kappa shape index (κ3) is 2.11. The van der Waals surface area contributed by atoms with Crippen LogP contribution in [0.5, 0.6) is 0 Å². The predicted molar refractivity (Wildman–Crippen MR) is 66.0 cm³/mol. The van der Waals surface area contributed by atoms with Crippen LogP contribution in [-0.2, 0) is 0 Å². The van der Waals surface area contributed by atoms with Crippen LogP contribution in [0.25, 0.3) is 0 Å². The Hall–Kier alpha value is -1.69. The zero-order valence-electron chi connectivity index (χ0n) is 9.53. The van der Waals surface area contributed by atoms with Crippen LogP contribution in [0, 0.1) is 17.2 Å². The number of benzene rings is 1. The molecule has 0 aliphatic heterocycles. The van der Waals surface area contributed by atoms with E-state index >= 15 is 0 Å². The molecule has 0 amide bonds. The highest BCUT2D eigenvalue weighted by Gasteiger charge is 2.23. The molecule has 1 fully saturated rings. The van der Waals surface area contributed by atoms with Gasteiger partial charge in [-0.1, -0.05) is 6.42 Å². The molecule has 3 heteroatoms. The molecule has 0 bridgehead atoms. The maximum Gasteiger partial charge on any atom is 0.101 e. The quantitative estimate of drug-likeness (QED) is 0.762. The first-order chi connectivity index (χ1) is 7.70. The first-order valence-electron chi connectivity index (χ1n) is 5.77. The zero-order chi connectivity index (χ0) is 11.5. The third-order valence-electron chi connectivity index (χ3n) is 3.43. The minimum Gasteiger partial charge on any atom is -0.398 e. The maximum absolute atomic E-state index is 8.89. The molecule has 16 heavy (non-hydrogen) atoms. The van der Waals surface area contributed by atoms with Gasteiger partial charge in [0.1, 0.15) is 6.07 Å². The lowest BCUT2D eigenvalue weighted by Crippen LogP contribution is -2.30. The molecule has 0 heterocycles. The summed E-state index contributed by atoms with van der Waals surface area (Å²) in [5.74, 6) is 0.781. The van der Waals surface area contributed by atoms with Crippen LogP contribution in [0.1, 0.15) is 31.7 Å². The number of rotatable bonds is 3. The van der Waals surface area contributed by atoms with Crippen molar-refractivity contribution < 1.29 is 0 Å². The summed E-state index contributed by atoms with van der Waals surface area (Å²) in [7, 11) is 0. The topological polar surface area (TPSA) is 61.8 Å². The van der Waals surface area contributed by atoms with E-state index in [-0.39, 0.29) is 0 Å². The Balaban J connectivity index is 2.06. The number of nitrogen functional groups attached to an aromatic ring is 1. The summed E-state index contributed by atoms with van der Waals surface area (Å²) < 4.78 is 0. The fourth-order valence-electron chi connectivity index (χ4n) is 2.06. The monoisotopic (exact) mass is 215 g/mol. The van der Waals surface area contributed by atoms with Crippen LogP contribution in [-0.4, -0.2) is 6.04 Å². The number of nitrogens with two attached hydrogens (primary N) is 1. The Morgan fingerprint density at radius 1 is 1.50 bits per heavy atom. The predicted octanol–water partition coefficient (Wildman–Crippen LogP) is 2.74. The van der Waals surface area contributed by atoms with Crippen molar-refractivity contribution in [1.82, 2.24) is 0 Å². The van der Waals surface area contributed by atoms with E-state index in [4.69, 9.17) is 11.0 Å². The summed E-state index contributed by atoms with van der Waals surface area (Å²) in [6.07, 6.45) is 3.98. The van der Waals surface area contributed by atoms with E-state index in [1.807, 2.05) is 12.1 Å². The molecule has 1 aliphatic rings. The van der Waals surface area contributed by atoms with Crippen LogP contribution in [0.4, 0.5) is 11.4 Å². The molecule has 0 spiro atoms. The zero-order valence-corrected chi connectivity index (χ0v) is 9.53. The Labute approximate surface area is 96.3 Å². The van der Waals surface area contributed by atoms with Gasteiger partial charge in [-0.05, 0) is 43.9 Å². The van der Waals surface area contributed by atoms with Crippen molar-refractivity contribution in [3.63, 3.8) is 0 Å². The summed E-state index contributed by atoms with van der Waals surface area (Å²) in [6, 6.07) is 8.12. The van der Waals surface area contributed by atoms with Crippen molar-refractivity contribution in [2.24, 2.45) is 5.92 Å². The molecule has 1 aromatic rings. The average Bonchev–Trinajstić information content (AvgIpc) is 2.18. The second kappa shape index (κ2) is 4.44. The average molecular weight is 215 g/mol. The van der Waals surface area contributed by atoms with Crippen LogP contribution in [0.2, 0.25) is 0 Å². The second-order valence-electron chi connectivity index (χ2n) is 4.54. The van der Waals surface area contributed by atoms with E-state index in [2.05, 4.69) is 18.3 Å². The summed E-state index contributed by atoms with van der Waals surface area (Å²) in [6.45, 7) is 2.20. The molecule has 1 aromatic carbocycles. The van der Waals surface area contributed by atoms with Gasteiger partial charge in [0.05, 0.1) is 5.56 Å². The molecule has 0 radical (unpaired) electrons. The third-order valence-corrected chi connectivity index (χ3v) is 3.43. The molecule has 84 valence electrons. The van der Waals surface area contributed by atoms with Crippen molar-refractivity contribution in [1.29, 1.82) is 5.26 Å². The maximum atomic E-state index is 8.89. The highest BCUT2D eigenvalue weighted by atomic mass is 14.9. The number of nitrogens with one attached hydrogen (secondary N) is 1. The standard InChI is InChI=1S/C13H17N3/c1-9(10-3-2-4-10)16-12-5-6-13(15)11(7-12)8-14/h5-7,9-10,16H,2-4,15H2,1H3. The number of anilines is 2. The van der Waals surface area contributed by atoms with E-state index < -0.39 is 0 Å². The van der Waals surface area contributed by atoms with Gasteiger partial charge in [-0.3, -0.25) is 0 Å². The van der Waals surface area contributed by atoms with Gasteiger partial charge in [-0.25, -0.2) is 0 Å². The van der Waals surface area contributed by atoms with Gasteiger partial charge in [0, 0.05) is 17.4 Å². The molecule has 1 atom stereocenters. The number of hydrogen-bond acceptors (Lipinski definition) is 3. The molecule has 3 N–H and O–H groups in total. The van der Waals surface area contributed by atoms with Crippen LogP contribution in [0.15, 0.2) is 18.2 Å². The van der Waals surface area contributed by atoms with Gasteiger partial charge in [-0.2, -0.15) is 5.26 Å². The Morgan fingerprint density at radius 2 is 2.25 bits per heavy atom. The van der Waals surface area contributed by atoms with E-state index in [0.29, 0.717) is 17.3 Å². The van der Waals surface area contributed by atoms with Gasteiger partial charge in [0.2, 0.25) is 0 Å². The van der Waals surface area contributed by atoms with Gasteiger partial charge < -0.3 is 11.1 Å². The molecular formula is C13H17N3. The van der Waals surface area contributed by atoms with Crippen molar-refractivity contribution in [3.05, 3.63) is 23.8 Å². The van der Waals surface area contributed by atoms with Gasteiger partial charge >= 0.3 is 0 Å². The Kier molecular flexibility index (Phi) is 3.00. The SMILES string of the molecule is CC(Nc1ccc(N)c(C#N)c1)C1CCC1. The number of nitriles is 1. The van der Waals surface area contributed by atoms with E-state index in [1.54, 1.807) is 6.07 Å². The van der Waals surface area contributed by atoms with Gasteiger partial charge in [0.25, 0.3) is 0 Å². The van der Waals surface area contributed by atoms with Crippen molar-refractivity contribution in [2.45, 2.75) is 32.2 Å². The first kappa shape index (κ1) is 10.8. The van der Waals surface area contributed by atoms with Crippen LogP contribution in [0.3, 0.4) is 0 Å². The highest BCUT2D eigenvalue weighted by Crippen LogP contribution is 2.31. The lowest BCUT2D eigenvalue weighted by Gasteiger charge is -2.32. The molecular weight excluding hydrogens is 198 g/mol. The molecule has 2 rings (SSSR count). The Morgan fingerprint density at radius 3 is 2.81 bits per heavy atom. The van der Waals surface area contributed by atoms with Crippen molar-refractivity contribution >= 4 is 11.4 Å². The normalized spacial score (nSPS) is 17.2. The van der Waals surface area contributed by atoms with Gasteiger partial charge in [-0.15, -0.1) is 0 Å². The fraction of sp³-hybridized carbons (Fsp3) is 0.462. The lowest BCUT2D eigenvalue weighted by atomic mass is 9.80. The van der Waals surface area contributed by atoms with Crippen LogP contribution >= 0.6 is 0 Å². The molecule has 3 nitrogen and oxygen atoms in total. The molecule has 0 saturated heterocycles. The number of hydrogen-bond donors (Lipinski definition) is 2. The molecule has 1 saturated carbocycles. The van der Waals surface area contributed by atoms with E-state index in [9.17, 15) is 0 Å². The van der Waals surface area contributed by atoms with Crippen molar-refractivity contribution in [2.75, 3.05) is 11.1 Å². The van der Waals surface area contributed by atoms with E-state index in [0.717, 1.165) is 11.6 Å². The number of nitrogens with zero attached hydrogens (tertiary/aromatic N) is 1. The van der Waals surface area contributed by atoms with E-state index in [1.165, 1.54) is 19.3 Å². The van der Waals surface area contributed by atoms with Gasteiger partial charge in [0.15, 0.2) is 0 Å². The van der Waals surface area contributed by atoms with Crippen molar-refractivity contribution in [3.8, 4) is 6.07 Å². The lowest BCUT2D eigenvalue weighted by molar-refractivity contribution is 0.285. The highest BCUT2D eigenvalue weighted by molar-refractivity contribution is 5.62. The summed E-state index contributed by atoms with van der Waals surface area (Å²) in [5, 5.41) is 12.3. The Bertz CT molecular complexity index is 416. The fourth-order valence-corrected chi connectivity index (χ4v) is 2.06. The molecule has 1 unspecified atom stereocenters. The van der Waals surface area contributed by atoms with Crippen LogP contribution < -0.4 is 11.1 Å². The first-order valence-corrected chi connectivity index (χ1v) is 5.77. The summed E-state index contributed by atoms with van der Waals surface area (Å²) in [5.41, 5.74) is 7.76. The minimum atomic E-state index is 0.476. The smallest absolute Gasteiger partial charge is 0.101 e. The minimum absolute atomic E-state index is 0.476. The summed E-state index contributed by atoms with van der Waals surface area (Å²) in [4.78, 5) is 0. The second-order valence-corrected chi connectivity index (χ2v) is 4.54. The summed E-state index contributed by atoms with van der Waals surface area (Å²) >= 11 is 0. The molecule has 0 aromatic heterocycles. The molecule has 1 aliphatic carbocycles. The largest absolute Gasteiger partial charge is 0.398 e.